The zero-order valence-corrected chi connectivity index (χ0v) is 16.4. The molecule has 0 aromatic carbocycles. The monoisotopic (exact) mass is 346 g/mol. The molecule has 3 aliphatic rings. The van der Waals surface area contributed by atoms with Crippen LogP contribution < -0.4 is 0 Å². The molecule has 6 atom stereocenters. The first kappa shape index (κ1) is 18.7. The van der Waals surface area contributed by atoms with Crippen molar-refractivity contribution in [1.82, 2.24) is 0 Å². The van der Waals surface area contributed by atoms with Gasteiger partial charge in [0.05, 0.1) is 0 Å². The van der Waals surface area contributed by atoms with Crippen molar-refractivity contribution in [2.45, 2.75) is 72.5 Å². The number of hydrogen-bond acceptors (Lipinski definition) is 3. The van der Waals surface area contributed by atoms with Crippen LogP contribution in [0.3, 0.4) is 0 Å². The average molecular weight is 347 g/mol. The summed E-state index contributed by atoms with van der Waals surface area (Å²) in [6.45, 7) is 11.6. The van der Waals surface area contributed by atoms with Crippen LogP contribution in [0, 0.1) is 35.0 Å². The fourth-order valence-electron chi connectivity index (χ4n) is 5.78. The van der Waals surface area contributed by atoms with Crippen LogP contribution in [0.25, 0.3) is 0 Å². The summed E-state index contributed by atoms with van der Waals surface area (Å²) in [6, 6.07) is 0. The highest BCUT2D eigenvalue weighted by atomic mass is 16.7. The number of carbonyl (C=O) groups is 1. The lowest BCUT2D eigenvalue weighted by molar-refractivity contribution is -0.196. The Bertz CT molecular complexity index is 590. The minimum atomic E-state index is -1.32. The summed E-state index contributed by atoms with van der Waals surface area (Å²) in [6.07, 6.45) is 11.3. The maximum Gasteiger partial charge on any atom is 0.333 e. The van der Waals surface area contributed by atoms with Crippen LogP contribution in [-0.4, -0.2) is 16.9 Å². The van der Waals surface area contributed by atoms with E-state index in [1.807, 2.05) is 0 Å². The number of ether oxygens (including phenoxy) is 1. The molecule has 0 aromatic heterocycles. The Labute approximate surface area is 152 Å². The zero-order chi connectivity index (χ0) is 18.4. The maximum atomic E-state index is 11.7. The van der Waals surface area contributed by atoms with E-state index in [-0.39, 0.29) is 17.3 Å². The third kappa shape index (κ3) is 3.09. The lowest BCUT2D eigenvalue weighted by Crippen LogP contribution is -2.46. The summed E-state index contributed by atoms with van der Waals surface area (Å²) in [4.78, 5) is 11.7. The van der Waals surface area contributed by atoms with Crippen LogP contribution in [0.2, 0.25) is 0 Å². The minimum Gasteiger partial charge on any atom is -0.426 e. The van der Waals surface area contributed by atoms with Crippen LogP contribution in [0.1, 0.15) is 66.7 Å². The number of hydrogen-bond donors (Lipinski definition) is 1. The number of aliphatic hydroxyl groups is 1. The van der Waals surface area contributed by atoms with Crippen LogP contribution in [-0.2, 0) is 9.53 Å². The molecule has 0 radical (unpaired) electrons. The second-order valence-electron chi connectivity index (χ2n) is 9.11. The van der Waals surface area contributed by atoms with Gasteiger partial charge in [-0.25, -0.2) is 4.79 Å². The van der Waals surface area contributed by atoms with Crippen molar-refractivity contribution >= 4 is 5.97 Å². The van der Waals surface area contributed by atoms with Crippen molar-refractivity contribution < 1.29 is 14.6 Å². The Morgan fingerprint density at radius 2 is 2.00 bits per heavy atom. The summed E-state index contributed by atoms with van der Waals surface area (Å²) in [7, 11) is 0. The second kappa shape index (κ2) is 6.57. The van der Waals surface area contributed by atoms with Crippen molar-refractivity contribution in [2.75, 3.05) is 0 Å². The van der Waals surface area contributed by atoms with Gasteiger partial charge in [0, 0.05) is 18.1 Å². The number of allylic oxidation sites excluding steroid dienone is 2. The molecule has 0 spiro atoms. The third-order valence-electron chi connectivity index (χ3n) is 7.41. The third-order valence-corrected chi connectivity index (χ3v) is 7.41. The van der Waals surface area contributed by atoms with E-state index < -0.39 is 5.79 Å². The first-order valence-corrected chi connectivity index (χ1v) is 10.1. The largest absolute Gasteiger partial charge is 0.426 e. The van der Waals surface area contributed by atoms with E-state index in [9.17, 15) is 9.90 Å². The quantitative estimate of drug-likeness (QED) is 0.571. The van der Waals surface area contributed by atoms with Gasteiger partial charge in [-0.15, -0.1) is 0 Å². The molecule has 140 valence electrons. The maximum absolute atomic E-state index is 11.7. The van der Waals surface area contributed by atoms with Gasteiger partial charge in [0.25, 0.3) is 0 Å². The van der Waals surface area contributed by atoms with Crippen LogP contribution in [0.5, 0.6) is 0 Å². The Kier molecular flexibility index (Phi) is 4.91. The van der Waals surface area contributed by atoms with E-state index in [1.54, 1.807) is 6.08 Å². The molecule has 2 fully saturated rings. The zero-order valence-electron chi connectivity index (χ0n) is 16.4. The molecule has 1 unspecified atom stereocenters. The van der Waals surface area contributed by atoms with Crippen molar-refractivity contribution in [3.8, 4) is 0 Å². The van der Waals surface area contributed by atoms with Gasteiger partial charge in [0.15, 0.2) is 0 Å². The highest BCUT2D eigenvalue weighted by molar-refractivity contribution is 5.86. The van der Waals surface area contributed by atoms with E-state index in [0.29, 0.717) is 30.1 Å². The SMILES string of the molecule is CC[C@@H](/C=C/[C@@H](C)[C@H]1CCC2C3=CC(=O)O[C@@]3(O)CC[C@@]21C)C(C)C. The highest BCUT2D eigenvalue weighted by Gasteiger charge is 2.59. The number of rotatable bonds is 5. The molecule has 3 rings (SSSR count). The molecule has 1 N–H and O–H groups in total. The fraction of sp³-hybridized carbons (Fsp3) is 0.773. The number of fused-ring (bicyclic) bond motifs is 3. The number of carbonyl (C=O) groups excluding carboxylic acids is 1. The number of esters is 1. The molecule has 2 saturated carbocycles. The molecule has 25 heavy (non-hydrogen) atoms. The predicted octanol–water partition coefficient (Wildman–Crippen LogP) is 4.86. The van der Waals surface area contributed by atoms with Gasteiger partial charge in [0.1, 0.15) is 0 Å². The van der Waals surface area contributed by atoms with Gasteiger partial charge >= 0.3 is 5.97 Å². The van der Waals surface area contributed by atoms with E-state index in [4.69, 9.17) is 4.74 Å². The van der Waals surface area contributed by atoms with Gasteiger partial charge in [-0.3, -0.25) is 0 Å². The summed E-state index contributed by atoms with van der Waals surface area (Å²) in [5.74, 6) is 1.02. The molecule has 1 aliphatic heterocycles. The normalized spacial score (nSPS) is 40.0. The van der Waals surface area contributed by atoms with Crippen molar-refractivity contribution in [3.05, 3.63) is 23.8 Å². The predicted molar refractivity (Wildman–Crippen MR) is 99.6 cm³/mol. The first-order chi connectivity index (χ1) is 11.7. The van der Waals surface area contributed by atoms with Crippen molar-refractivity contribution in [1.29, 1.82) is 0 Å². The molecule has 0 amide bonds. The smallest absolute Gasteiger partial charge is 0.333 e. The molecule has 0 aromatic rings. The second-order valence-corrected chi connectivity index (χ2v) is 9.11. The molecular formula is C22H34O3. The Hall–Kier alpha value is -1.09. The van der Waals surface area contributed by atoms with Gasteiger partial charge in [-0.05, 0) is 60.7 Å². The van der Waals surface area contributed by atoms with Crippen LogP contribution in [0.4, 0.5) is 0 Å². The Balaban J connectivity index is 1.79. The molecule has 0 bridgehead atoms. The molecule has 3 nitrogen and oxygen atoms in total. The Morgan fingerprint density at radius 3 is 2.64 bits per heavy atom. The topological polar surface area (TPSA) is 46.5 Å². The summed E-state index contributed by atoms with van der Waals surface area (Å²) < 4.78 is 5.23. The van der Waals surface area contributed by atoms with Gasteiger partial charge in [-0.2, -0.15) is 0 Å². The average Bonchev–Trinajstić information content (AvgIpc) is 3.03. The summed E-state index contributed by atoms with van der Waals surface area (Å²) in [5.41, 5.74) is 0.994. The van der Waals surface area contributed by atoms with E-state index >= 15 is 0 Å². The lowest BCUT2D eigenvalue weighted by atomic mass is 9.60. The van der Waals surface area contributed by atoms with Crippen LogP contribution in [0.15, 0.2) is 23.8 Å². The molecular weight excluding hydrogens is 312 g/mol. The fourth-order valence-corrected chi connectivity index (χ4v) is 5.78. The first-order valence-electron chi connectivity index (χ1n) is 10.1. The highest BCUT2D eigenvalue weighted by Crippen LogP contribution is 2.62. The molecule has 0 saturated heterocycles. The Morgan fingerprint density at radius 1 is 1.28 bits per heavy atom. The van der Waals surface area contributed by atoms with E-state index in [2.05, 4.69) is 46.8 Å². The summed E-state index contributed by atoms with van der Waals surface area (Å²) in [5, 5.41) is 10.7. The van der Waals surface area contributed by atoms with E-state index in [1.165, 1.54) is 6.42 Å². The van der Waals surface area contributed by atoms with Gasteiger partial charge < -0.3 is 9.84 Å². The standard InChI is InChI=1S/C22H34O3/c1-6-16(14(2)3)8-7-15(4)17-9-10-18-19-13-20(23)25-22(19,24)12-11-21(17,18)5/h7-8,13-18,24H,6,9-12H2,1-5H3/b8-7+/t15-,16+,17-,18?,21-,22+/m1/s1. The lowest BCUT2D eigenvalue weighted by Gasteiger charge is -2.47. The molecule has 2 aliphatic carbocycles. The van der Waals surface area contributed by atoms with Gasteiger partial charge in [-0.1, -0.05) is 46.8 Å². The minimum absolute atomic E-state index is 0.148. The summed E-state index contributed by atoms with van der Waals surface area (Å²) >= 11 is 0. The van der Waals surface area contributed by atoms with Crippen molar-refractivity contribution in [3.63, 3.8) is 0 Å². The molecule has 1 heterocycles. The van der Waals surface area contributed by atoms with Gasteiger partial charge in [0.2, 0.25) is 5.79 Å². The van der Waals surface area contributed by atoms with E-state index in [0.717, 1.165) is 24.8 Å². The molecule has 3 heteroatoms. The van der Waals surface area contributed by atoms with Crippen LogP contribution >= 0.6 is 0 Å². The van der Waals surface area contributed by atoms with Crippen molar-refractivity contribution in [2.24, 2.45) is 35.0 Å².